The van der Waals surface area contributed by atoms with E-state index >= 15 is 0 Å². The van der Waals surface area contributed by atoms with Gasteiger partial charge in [0, 0.05) is 0 Å². The van der Waals surface area contributed by atoms with Gasteiger partial charge in [0.25, 0.3) is 5.91 Å². The number of nitriles is 1. The van der Waals surface area contributed by atoms with Crippen molar-refractivity contribution in [3.63, 3.8) is 0 Å². The number of hydrogen-bond acceptors (Lipinski definition) is 5. The number of anilines is 1. The van der Waals surface area contributed by atoms with E-state index in [0.717, 1.165) is 0 Å². The topological polar surface area (TPSA) is 104 Å². The molecule has 2 N–H and O–H groups in total. The zero-order valence-corrected chi connectivity index (χ0v) is 10.2. The third-order valence-electron chi connectivity index (χ3n) is 2.20. The van der Waals surface area contributed by atoms with Crippen molar-refractivity contribution in [3.05, 3.63) is 35.7 Å². The number of rotatable bonds is 4. The van der Waals surface area contributed by atoms with Crippen LogP contribution in [0.3, 0.4) is 0 Å². The lowest BCUT2D eigenvalue weighted by Crippen LogP contribution is -2.20. The molecule has 0 radical (unpaired) electrons. The van der Waals surface area contributed by atoms with Crippen molar-refractivity contribution in [1.82, 2.24) is 15.2 Å². The van der Waals surface area contributed by atoms with E-state index in [4.69, 9.17) is 10.00 Å². The Morgan fingerprint density at radius 2 is 2.21 bits per heavy atom. The number of aromatic nitrogens is 3. The fourth-order valence-corrected chi connectivity index (χ4v) is 1.33. The minimum absolute atomic E-state index is 0.153. The van der Waals surface area contributed by atoms with Crippen molar-refractivity contribution in [2.24, 2.45) is 0 Å². The van der Waals surface area contributed by atoms with Crippen LogP contribution in [0.5, 0.6) is 5.75 Å². The molecule has 2 rings (SSSR count). The van der Waals surface area contributed by atoms with Gasteiger partial charge in [-0.15, -0.1) is 5.10 Å². The number of carbonyl (C=O) groups excluding carboxylic acids is 1. The van der Waals surface area contributed by atoms with Gasteiger partial charge in [-0.1, -0.05) is 0 Å². The second-order valence-electron chi connectivity index (χ2n) is 3.72. The first-order valence-corrected chi connectivity index (χ1v) is 5.49. The largest absolute Gasteiger partial charge is 0.484 e. The summed E-state index contributed by atoms with van der Waals surface area (Å²) in [6.07, 6.45) is 0. The lowest BCUT2D eigenvalue weighted by Gasteiger charge is -2.05. The van der Waals surface area contributed by atoms with Gasteiger partial charge in [0.2, 0.25) is 5.95 Å². The number of ether oxygens (including phenoxy) is 1. The van der Waals surface area contributed by atoms with Gasteiger partial charge in [-0.3, -0.25) is 15.2 Å². The van der Waals surface area contributed by atoms with Crippen LogP contribution in [0.4, 0.5) is 5.95 Å². The van der Waals surface area contributed by atoms with Gasteiger partial charge in [-0.25, -0.2) is 0 Å². The maximum absolute atomic E-state index is 11.5. The van der Waals surface area contributed by atoms with Crippen LogP contribution in [0, 0.1) is 18.3 Å². The van der Waals surface area contributed by atoms with Crippen LogP contribution in [0.25, 0.3) is 0 Å². The zero-order valence-electron chi connectivity index (χ0n) is 10.2. The number of nitrogens with one attached hydrogen (secondary N) is 2. The second-order valence-corrected chi connectivity index (χ2v) is 3.72. The number of H-pyrrole nitrogens is 1. The van der Waals surface area contributed by atoms with E-state index in [1.807, 2.05) is 6.07 Å². The molecule has 0 atom stereocenters. The Bertz CT molecular complexity index is 612. The van der Waals surface area contributed by atoms with Gasteiger partial charge in [-0.2, -0.15) is 10.2 Å². The van der Waals surface area contributed by atoms with Crippen molar-refractivity contribution in [1.29, 1.82) is 5.26 Å². The van der Waals surface area contributed by atoms with Crippen LogP contribution in [0.2, 0.25) is 0 Å². The molecule has 1 amide bonds. The van der Waals surface area contributed by atoms with Gasteiger partial charge in [0.15, 0.2) is 6.61 Å². The number of carbonyl (C=O) groups is 1. The molecule has 0 saturated heterocycles. The van der Waals surface area contributed by atoms with Gasteiger partial charge < -0.3 is 4.74 Å². The van der Waals surface area contributed by atoms with E-state index in [0.29, 0.717) is 17.1 Å². The normalized spacial score (nSPS) is 9.68. The molecular weight excluding hydrogens is 246 g/mol. The molecule has 0 aliphatic rings. The van der Waals surface area contributed by atoms with Gasteiger partial charge >= 0.3 is 0 Å². The Balaban J connectivity index is 1.84. The Kier molecular flexibility index (Phi) is 3.73. The highest BCUT2D eigenvalue weighted by atomic mass is 16.5. The first-order chi connectivity index (χ1) is 9.17. The molecule has 0 unspecified atom stereocenters. The number of aromatic amines is 1. The maximum atomic E-state index is 11.5. The summed E-state index contributed by atoms with van der Waals surface area (Å²) in [5.74, 6) is 0.984. The quantitative estimate of drug-likeness (QED) is 0.850. The van der Waals surface area contributed by atoms with Crippen LogP contribution in [0.1, 0.15) is 11.4 Å². The highest BCUT2D eigenvalue weighted by Crippen LogP contribution is 2.11. The van der Waals surface area contributed by atoms with Crippen molar-refractivity contribution >= 4 is 11.9 Å². The van der Waals surface area contributed by atoms with Gasteiger partial charge in [-0.05, 0) is 31.2 Å². The third kappa shape index (κ3) is 3.54. The third-order valence-corrected chi connectivity index (χ3v) is 2.20. The summed E-state index contributed by atoms with van der Waals surface area (Å²) in [6, 6.07) is 8.49. The summed E-state index contributed by atoms with van der Waals surface area (Å²) in [7, 11) is 0. The Labute approximate surface area is 109 Å². The number of nitrogens with zero attached hydrogens (tertiary/aromatic N) is 3. The van der Waals surface area contributed by atoms with E-state index in [1.54, 1.807) is 31.2 Å². The smallest absolute Gasteiger partial charge is 0.264 e. The highest BCUT2D eigenvalue weighted by molar-refractivity contribution is 5.90. The van der Waals surface area contributed by atoms with Crippen LogP contribution >= 0.6 is 0 Å². The van der Waals surface area contributed by atoms with E-state index in [2.05, 4.69) is 20.5 Å². The Morgan fingerprint density at radius 3 is 2.79 bits per heavy atom. The monoisotopic (exact) mass is 257 g/mol. The fourth-order valence-electron chi connectivity index (χ4n) is 1.33. The maximum Gasteiger partial charge on any atom is 0.264 e. The minimum Gasteiger partial charge on any atom is -0.484 e. The van der Waals surface area contributed by atoms with Crippen molar-refractivity contribution < 1.29 is 9.53 Å². The van der Waals surface area contributed by atoms with Gasteiger partial charge in [0.05, 0.1) is 11.6 Å². The standard InChI is InChI=1S/C12H11N5O2/c1-8-14-12(17-16-8)15-11(18)7-19-10-4-2-9(6-13)3-5-10/h2-5H,7H2,1H3,(H2,14,15,16,17,18). The molecular formula is C12H11N5O2. The molecule has 0 saturated carbocycles. The predicted octanol–water partition coefficient (Wildman–Crippen LogP) is 1.00. The summed E-state index contributed by atoms with van der Waals surface area (Å²) in [5, 5.41) is 17.5. The molecule has 0 aliphatic carbocycles. The first-order valence-electron chi connectivity index (χ1n) is 5.49. The molecule has 19 heavy (non-hydrogen) atoms. The fraction of sp³-hybridized carbons (Fsp3) is 0.167. The Morgan fingerprint density at radius 1 is 1.47 bits per heavy atom. The molecule has 96 valence electrons. The summed E-state index contributed by atoms with van der Waals surface area (Å²) in [6.45, 7) is 1.58. The molecule has 7 heteroatoms. The van der Waals surface area contributed by atoms with E-state index in [-0.39, 0.29) is 18.5 Å². The number of aryl methyl sites for hydroxylation is 1. The van der Waals surface area contributed by atoms with E-state index < -0.39 is 0 Å². The van der Waals surface area contributed by atoms with Crippen molar-refractivity contribution in [2.75, 3.05) is 11.9 Å². The lowest BCUT2D eigenvalue weighted by atomic mass is 10.2. The van der Waals surface area contributed by atoms with Crippen molar-refractivity contribution in [3.8, 4) is 11.8 Å². The summed E-state index contributed by atoms with van der Waals surface area (Å²) in [4.78, 5) is 15.5. The zero-order chi connectivity index (χ0) is 13.7. The minimum atomic E-state index is -0.358. The molecule has 1 aromatic carbocycles. The summed E-state index contributed by atoms with van der Waals surface area (Å²) >= 11 is 0. The molecule has 1 heterocycles. The number of hydrogen-bond donors (Lipinski definition) is 2. The molecule has 0 aliphatic heterocycles. The molecule has 0 fully saturated rings. The molecule has 1 aromatic heterocycles. The first kappa shape index (κ1) is 12.6. The van der Waals surface area contributed by atoms with Crippen LogP contribution < -0.4 is 10.1 Å². The van der Waals surface area contributed by atoms with Crippen LogP contribution in [0.15, 0.2) is 24.3 Å². The average Bonchev–Trinajstić information content (AvgIpc) is 2.82. The summed E-state index contributed by atoms with van der Waals surface area (Å²) < 4.78 is 5.26. The average molecular weight is 257 g/mol. The van der Waals surface area contributed by atoms with E-state index in [9.17, 15) is 4.79 Å². The van der Waals surface area contributed by atoms with Crippen molar-refractivity contribution in [2.45, 2.75) is 6.92 Å². The van der Waals surface area contributed by atoms with Crippen LogP contribution in [-0.2, 0) is 4.79 Å². The van der Waals surface area contributed by atoms with Gasteiger partial charge in [0.1, 0.15) is 11.6 Å². The van der Waals surface area contributed by atoms with Crippen LogP contribution in [-0.4, -0.2) is 27.7 Å². The number of amides is 1. The lowest BCUT2D eigenvalue weighted by molar-refractivity contribution is -0.118. The molecule has 7 nitrogen and oxygen atoms in total. The molecule has 0 bridgehead atoms. The summed E-state index contributed by atoms with van der Waals surface area (Å²) in [5.41, 5.74) is 0.535. The molecule has 2 aromatic rings. The predicted molar refractivity (Wildman–Crippen MR) is 66.4 cm³/mol. The Hall–Kier alpha value is -2.88. The van der Waals surface area contributed by atoms with E-state index in [1.165, 1.54) is 0 Å². The molecule has 0 spiro atoms. The SMILES string of the molecule is Cc1nc(NC(=O)COc2ccc(C#N)cc2)n[nH]1. The number of benzene rings is 1. The second kappa shape index (κ2) is 5.64. The highest BCUT2D eigenvalue weighted by Gasteiger charge is 2.06.